The smallest absolute Gasteiger partial charge is 0.416 e. The van der Waals surface area contributed by atoms with Crippen molar-refractivity contribution < 1.29 is 32.6 Å². The fraction of sp³-hybridized carbons (Fsp3) is 0.333. The fourth-order valence-corrected chi connectivity index (χ4v) is 1.46. The number of hydrogen-bond acceptors (Lipinski definition) is 3. The standard InChI is InChI=1S/C12H11F3O4/c1-19-10-4-2-7(12(13,14)15)6-8(10)9(16)3-5-11(17)18/h2,4,6H,3,5H2,1H3,(H,17,18). The monoisotopic (exact) mass is 276 g/mol. The Bertz CT molecular complexity index is 494. The Morgan fingerprint density at radius 3 is 2.37 bits per heavy atom. The van der Waals surface area contributed by atoms with E-state index in [1.54, 1.807) is 0 Å². The Balaban J connectivity index is 3.09. The largest absolute Gasteiger partial charge is 0.496 e. The summed E-state index contributed by atoms with van der Waals surface area (Å²) >= 11 is 0. The van der Waals surface area contributed by atoms with Crippen molar-refractivity contribution in [2.75, 3.05) is 7.11 Å². The molecule has 0 aliphatic carbocycles. The van der Waals surface area contributed by atoms with Crippen LogP contribution in [0, 0.1) is 0 Å². The number of Topliss-reactive ketones (excluding diaryl/α,β-unsaturated/α-hetero) is 1. The van der Waals surface area contributed by atoms with Crippen LogP contribution in [-0.2, 0) is 11.0 Å². The molecular formula is C12H11F3O4. The predicted octanol–water partition coefficient (Wildman–Crippen LogP) is 2.76. The molecule has 0 aliphatic rings. The van der Waals surface area contributed by atoms with Crippen molar-refractivity contribution in [1.82, 2.24) is 0 Å². The van der Waals surface area contributed by atoms with Gasteiger partial charge in [-0.3, -0.25) is 9.59 Å². The second-order valence-corrected chi connectivity index (χ2v) is 3.73. The molecule has 0 aromatic heterocycles. The van der Waals surface area contributed by atoms with Crippen LogP contribution < -0.4 is 4.74 Å². The van der Waals surface area contributed by atoms with Crippen molar-refractivity contribution in [2.24, 2.45) is 0 Å². The topological polar surface area (TPSA) is 63.6 Å². The second kappa shape index (κ2) is 5.73. The van der Waals surface area contributed by atoms with Crippen LogP contribution in [0.4, 0.5) is 13.2 Å². The second-order valence-electron chi connectivity index (χ2n) is 3.73. The molecule has 19 heavy (non-hydrogen) atoms. The number of hydrogen-bond donors (Lipinski definition) is 1. The van der Waals surface area contributed by atoms with Gasteiger partial charge in [-0.15, -0.1) is 0 Å². The van der Waals surface area contributed by atoms with Crippen molar-refractivity contribution in [1.29, 1.82) is 0 Å². The molecule has 0 amide bonds. The number of halogens is 3. The Morgan fingerprint density at radius 1 is 1.26 bits per heavy atom. The molecule has 0 radical (unpaired) electrons. The summed E-state index contributed by atoms with van der Waals surface area (Å²) in [4.78, 5) is 22.0. The molecule has 0 bridgehead atoms. The minimum atomic E-state index is -4.58. The zero-order valence-electron chi connectivity index (χ0n) is 9.95. The highest BCUT2D eigenvalue weighted by Gasteiger charge is 2.32. The number of benzene rings is 1. The summed E-state index contributed by atoms with van der Waals surface area (Å²) in [6.07, 6.45) is -5.40. The summed E-state index contributed by atoms with van der Waals surface area (Å²) in [5.74, 6) is -1.91. The Labute approximate surface area is 106 Å². The summed E-state index contributed by atoms with van der Waals surface area (Å²) in [7, 11) is 1.22. The first-order chi connectivity index (χ1) is 8.75. The first-order valence-corrected chi connectivity index (χ1v) is 5.26. The molecule has 0 fully saturated rings. The van der Waals surface area contributed by atoms with E-state index in [1.807, 2.05) is 0 Å². The van der Waals surface area contributed by atoms with Gasteiger partial charge in [-0.1, -0.05) is 0 Å². The van der Waals surface area contributed by atoms with E-state index < -0.39 is 29.9 Å². The lowest BCUT2D eigenvalue weighted by atomic mass is 10.0. The number of carboxylic acid groups (broad SMARTS) is 1. The maximum atomic E-state index is 12.5. The van der Waals surface area contributed by atoms with Crippen molar-refractivity contribution in [3.05, 3.63) is 29.3 Å². The number of carbonyl (C=O) groups excluding carboxylic acids is 1. The third-order valence-electron chi connectivity index (χ3n) is 2.39. The third kappa shape index (κ3) is 3.97. The molecule has 1 N–H and O–H groups in total. The van der Waals surface area contributed by atoms with E-state index in [1.165, 1.54) is 7.11 Å². The summed E-state index contributed by atoms with van der Waals surface area (Å²) in [6, 6.07) is 2.51. The van der Waals surface area contributed by atoms with E-state index in [-0.39, 0.29) is 17.7 Å². The van der Waals surface area contributed by atoms with Crippen molar-refractivity contribution in [3.63, 3.8) is 0 Å². The van der Waals surface area contributed by atoms with Gasteiger partial charge in [-0.25, -0.2) is 0 Å². The lowest BCUT2D eigenvalue weighted by Gasteiger charge is -2.11. The van der Waals surface area contributed by atoms with Gasteiger partial charge in [-0.05, 0) is 18.2 Å². The quantitative estimate of drug-likeness (QED) is 0.840. The van der Waals surface area contributed by atoms with Gasteiger partial charge in [0.2, 0.25) is 0 Å². The van der Waals surface area contributed by atoms with Gasteiger partial charge in [0.05, 0.1) is 24.7 Å². The van der Waals surface area contributed by atoms with E-state index in [9.17, 15) is 22.8 Å². The summed E-state index contributed by atoms with van der Waals surface area (Å²) in [5.41, 5.74) is -1.24. The molecule has 7 heteroatoms. The molecule has 1 aromatic rings. The van der Waals surface area contributed by atoms with Crippen LogP contribution in [0.1, 0.15) is 28.8 Å². The number of ketones is 1. The van der Waals surface area contributed by atoms with E-state index in [2.05, 4.69) is 0 Å². The van der Waals surface area contributed by atoms with Crippen molar-refractivity contribution in [3.8, 4) is 5.75 Å². The minimum Gasteiger partial charge on any atom is -0.496 e. The SMILES string of the molecule is COc1ccc(C(F)(F)F)cc1C(=O)CCC(=O)O. The molecule has 0 unspecified atom stereocenters. The normalized spacial score (nSPS) is 11.2. The number of methoxy groups -OCH3 is 1. The van der Waals surface area contributed by atoms with Gasteiger partial charge >= 0.3 is 12.1 Å². The number of rotatable bonds is 5. The molecule has 0 saturated heterocycles. The number of carbonyl (C=O) groups is 2. The van der Waals surface area contributed by atoms with Gasteiger partial charge in [0.1, 0.15) is 5.75 Å². The van der Waals surface area contributed by atoms with Crippen LogP contribution in [-0.4, -0.2) is 24.0 Å². The number of ether oxygens (including phenoxy) is 1. The minimum absolute atomic E-state index is 0.0108. The van der Waals surface area contributed by atoms with Crippen LogP contribution in [0.3, 0.4) is 0 Å². The first kappa shape index (κ1) is 15.0. The molecule has 0 aliphatic heterocycles. The van der Waals surface area contributed by atoms with E-state index in [4.69, 9.17) is 9.84 Å². The summed E-state index contributed by atoms with van der Waals surface area (Å²) in [6.45, 7) is 0. The third-order valence-corrected chi connectivity index (χ3v) is 2.39. The molecule has 1 rings (SSSR count). The zero-order valence-corrected chi connectivity index (χ0v) is 9.95. The van der Waals surface area contributed by atoms with Crippen LogP contribution >= 0.6 is 0 Å². The molecular weight excluding hydrogens is 265 g/mol. The Kier molecular flexibility index (Phi) is 4.52. The summed E-state index contributed by atoms with van der Waals surface area (Å²) < 4.78 is 42.4. The number of alkyl halides is 3. The van der Waals surface area contributed by atoms with Crippen LogP contribution in [0.5, 0.6) is 5.75 Å². The Morgan fingerprint density at radius 2 is 1.89 bits per heavy atom. The average Bonchev–Trinajstić information content (AvgIpc) is 2.33. The van der Waals surface area contributed by atoms with Gasteiger partial charge in [0.15, 0.2) is 5.78 Å². The maximum Gasteiger partial charge on any atom is 0.416 e. The molecule has 0 heterocycles. The average molecular weight is 276 g/mol. The van der Waals surface area contributed by atoms with Crippen molar-refractivity contribution >= 4 is 11.8 Å². The Hall–Kier alpha value is -2.05. The fourth-order valence-electron chi connectivity index (χ4n) is 1.46. The highest BCUT2D eigenvalue weighted by molar-refractivity contribution is 6.00. The van der Waals surface area contributed by atoms with E-state index >= 15 is 0 Å². The van der Waals surface area contributed by atoms with Gasteiger partial charge in [-0.2, -0.15) is 13.2 Å². The summed E-state index contributed by atoms with van der Waals surface area (Å²) in [5, 5.41) is 8.46. The number of carboxylic acids is 1. The zero-order chi connectivity index (χ0) is 14.6. The van der Waals surface area contributed by atoms with Gasteiger partial charge in [0, 0.05) is 6.42 Å². The van der Waals surface area contributed by atoms with Crippen LogP contribution in [0.15, 0.2) is 18.2 Å². The first-order valence-electron chi connectivity index (χ1n) is 5.26. The molecule has 0 spiro atoms. The highest BCUT2D eigenvalue weighted by atomic mass is 19.4. The van der Waals surface area contributed by atoms with E-state index in [0.717, 1.165) is 12.1 Å². The van der Waals surface area contributed by atoms with E-state index in [0.29, 0.717) is 6.07 Å². The maximum absolute atomic E-state index is 12.5. The predicted molar refractivity (Wildman–Crippen MR) is 59.2 cm³/mol. The molecule has 0 atom stereocenters. The van der Waals surface area contributed by atoms with Gasteiger partial charge < -0.3 is 9.84 Å². The van der Waals surface area contributed by atoms with Gasteiger partial charge in [0.25, 0.3) is 0 Å². The lowest BCUT2D eigenvalue weighted by Crippen LogP contribution is -2.10. The van der Waals surface area contributed by atoms with Crippen LogP contribution in [0.2, 0.25) is 0 Å². The molecule has 1 aromatic carbocycles. The van der Waals surface area contributed by atoms with Crippen LogP contribution in [0.25, 0.3) is 0 Å². The van der Waals surface area contributed by atoms with Crippen molar-refractivity contribution in [2.45, 2.75) is 19.0 Å². The number of aliphatic carboxylic acids is 1. The molecule has 104 valence electrons. The lowest BCUT2D eigenvalue weighted by molar-refractivity contribution is -0.138. The molecule has 4 nitrogen and oxygen atoms in total. The highest BCUT2D eigenvalue weighted by Crippen LogP contribution is 2.33. The molecule has 0 saturated carbocycles.